The smallest absolute Gasteiger partial charge is 0.255 e. The van der Waals surface area contributed by atoms with Crippen LogP contribution in [0, 0.1) is 11.5 Å². The molecule has 1 unspecified atom stereocenters. The molecular weight excluding hydrogens is 290 g/mol. The maximum atomic E-state index is 12.4. The number of nitrogens with one attached hydrogen (secondary N) is 1. The molecule has 0 saturated carbocycles. The van der Waals surface area contributed by atoms with Crippen LogP contribution >= 0.6 is 0 Å². The first-order chi connectivity index (χ1) is 11.3. The number of amides is 1. The fraction of sp³-hybridized carbons (Fsp3) is 0.222. The number of nitrogens with zero attached hydrogens (tertiary/aromatic N) is 2. The van der Waals surface area contributed by atoms with Crippen molar-refractivity contribution in [2.75, 3.05) is 25.0 Å². The lowest BCUT2D eigenvalue weighted by Gasteiger charge is -2.28. The van der Waals surface area contributed by atoms with Gasteiger partial charge in [-0.25, -0.2) is 0 Å². The molecular formula is C18H17N3O2. The zero-order chi connectivity index (χ0) is 16.1. The van der Waals surface area contributed by atoms with Crippen molar-refractivity contribution in [2.45, 2.75) is 6.10 Å². The Bertz CT molecular complexity index is 725. The number of hydrogen-bond acceptors (Lipinski definition) is 4. The van der Waals surface area contributed by atoms with E-state index in [1.54, 1.807) is 0 Å². The zero-order valence-corrected chi connectivity index (χ0v) is 12.6. The van der Waals surface area contributed by atoms with Crippen LogP contribution in [0.3, 0.4) is 0 Å². The second-order valence-electron chi connectivity index (χ2n) is 5.31. The summed E-state index contributed by atoms with van der Waals surface area (Å²) >= 11 is 0. The Morgan fingerprint density at radius 1 is 1.17 bits per heavy atom. The van der Waals surface area contributed by atoms with Crippen LogP contribution in [-0.4, -0.2) is 36.6 Å². The maximum Gasteiger partial charge on any atom is 0.255 e. The van der Waals surface area contributed by atoms with Gasteiger partial charge < -0.3 is 15.0 Å². The molecule has 1 heterocycles. The minimum absolute atomic E-state index is 0.228. The molecule has 3 rings (SSSR count). The van der Waals surface area contributed by atoms with Crippen molar-refractivity contribution in [3.8, 4) is 17.3 Å². The van der Waals surface area contributed by atoms with Crippen LogP contribution in [0.5, 0.6) is 0 Å². The quantitative estimate of drug-likeness (QED) is 0.885. The highest BCUT2D eigenvalue weighted by Crippen LogP contribution is 2.27. The van der Waals surface area contributed by atoms with Crippen molar-refractivity contribution in [1.82, 2.24) is 4.90 Å². The van der Waals surface area contributed by atoms with Gasteiger partial charge in [-0.3, -0.25) is 4.79 Å². The summed E-state index contributed by atoms with van der Waals surface area (Å²) in [4.78, 5) is 14.0. The molecule has 1 atom stereocenters. The van der Waals surface area contributed by atoms with Gasteiger partial charge in [-0.1, -0.05) is 48.5 Å². The summed E-state index contributed by atoms with van der Waals surface area (Å²) in [6.45, 7) is 1.20. The SMILES string of the molecule is N#CN1CCOC(C(=O)Nc2ccccc2-c2ccccc2)C1. The minimum Gasteiger partial charge on any atom is -0.365 e. The van der Waals surface area contributed by atoms with Crippen LogP contribution in [0.4, 0.5) is 5.69 Å². The third-order valence-electron chi connectivity index (χ3n) is 3.77. The monoisotopic (exact) mass is 307 g/mol. The molecule has 0 aromatic heterocycles. The number of morpholine rings is 1. The van der Waals surface area contributed by atoms with Crippen LogP contribution in [-0.2, 0) is 9.53 Å². The molecule has 0 aliphatic carbocycles. The van der Waals surface area contributed by atoms with Crippen molar-refractivity contribution >= 4 is 11.6 Å². The number of carbonyl (C=O) groups is 1. The highest BCUT2D eigenvalue weighted by atomic mass is 16.5. The molecule has 5 nitrogen and oxygen atoms in total. The molecule has 2 aromatic rings. The number of hydrogen-bond donors (Lipinski definition) is 1. The lowest BCUT2D eigenvalue weighted by atomic mass is 10.0. The molecule has 116 valence electrons. The molecule has 0 radical (unpaired) electrons. The molecule has 2 aromatic carbocycles. The third-order valence-corrected chi connectivity index (χ3v) is 3.77. The van der Waals surface area contributed by atoms with Gasteiger partial charge >= 0.3 is 0 Å². The van der Waals surface area contributed by atoms with Gasteiger partial charge in [-0.15, -0.1) is 0 Å². The van der Waals surface area contributed by atoms with Gasteiger partial charge in [0.05, 0.1) is 19.7 Å². The molecule has 1 N–H and O–H groups in total. The summed E-state index contributed by atoms with van der Waals surface area (Å²) in [6, 6.07) is 17.5. The minimum atomic E-state index is -0.632. The van der Waals surface area contributed by atoms with E-state index in [1.165, 1.54) is 4.90 Å². The van der Waals surface area contributed by atoms with E-state index >= 15 is 0 Å². The third kappa shape index (κ3) is 3.50. The lowest BCUT2D eigenvalue weighted by molar-refractivity contribution is -0.131. The summed E-state index contributed by atoms with van der Waals surface area (Å²) in [5.41, 5.74) is 2.72. The van der Waals surface area contributed by atoms with E-state index in [0.717, 1.165) is 16.8 Å². The van der Waals surface area contributed by atoms with E-state index < -0.39 is 6.10 Å². The molecule has 1 aliphatic heterocycles. The van der Waals surface area contributed by atoms with Gasteiger partial charge in [0.15, 0.2) is 12.3 Å². The van der Waals surface area contributed by atoms with Crippen LogP contribution < -0.4 is 5.32 Å². The second-order valence-corrected chi connectivity index (χ2v) is 5.31. The number of carbonyl (C=O) groups excluding carboxylic acids is 1. The number of para-hydroxylation sites is 1. The molecule has 1 amide bonds. The van der Waals surface area contributed by atoms with Gasteiger partial charge in [0.2, 0.25) is 0 Å². The Morgan fingerprint density at radius 2 is 1.91 bits per heavy atom. The second kappa shape index (κ2) is 6.95. The van der Waals surface area contributed by atoms with Gasteiger partial charge in [0, 0.05) is 11.3 Å². The lowest BCUT2D eigenvalue weighted by Crippen LogP contribution is -2.46. The van der Waals surface area contributed by atoms with Gasteiger partial charge in [0.25, 0.3) is 5.91 Å². The number of anilines is 1. The number of nitriles is 1. The molecule has 1 fully saturated rings. The average Bonchev–Trinajstić information content (AvgIpc) is 2.63. The summed E-state index contributed by atoms with van der Waals surface area (Å²) in [5, 5.41) is 11.9. The first-order valence-corrected chi connectivity index (χ1v) is 7.49. The Balaban J connectivity index is 1.78. The van der Waals surface area contributed by atoms with E-state index in [0.29, 0.717) is 13.2 Å². The van der Waals surface area contributed by atoms with E-state index in [4.69, 9.17) is 10.00 Å². The van der Waals surface area contributed by atoms with Gasteiger partial charge in [-0.2, -0.15) is 5.26 Å². The Hall–Kier alpha value is -2.84. The summed E-state index contributed by atoms with van der Waals surface area (Å²) in [6.07, 6.45) is 1.43. The molecule has 0 bridgehead atoms. The highest BCUT2D eigenvalue weighted by molar-refractivity contribution is 5.98. The van der Waals surface area contributed by atoms with E-state index in [1.807, 2.05) is 54.6 Å². The van der Waals surface area contributed by atoms with E-state index in [9.17, 15) is 4.79 Å². The van der Waals surface area contributed by atoms with Crippen molar-refractivity contribution in [2.24, 2.45) is 0 Å². The largest absolute Gasteiger partial charge is 0.365 e. The fourth-order valence-electron chi connectivity index (χ4n) is 2.57. The number of benzene rings is 2. The first kappa shape index (κ1) is 15.1. The van der Waals surface area contributed by atoms with Crippen LogP contribution in [0.15, 0.2) is 54.6 Å². The molecule has 0 spiro atoms. The summed E-state index contributed by atoms with van der Waals surface area (Å²) in [7, 11) is 0. The normalized spacial score (nSPS) is 17.3. The maximum absolute atomic E-state index is 12.4. The Morgan fingerprint density at radius 3 is 2.70 bits per heavy atom. The van der Waals surface area contributed by atoms with Gasteiger partial charge in [0.1, 0.15) is 0 Å². The molecule has 1 aliphatic rings. The summed E-state index contributed by atoms with van der Waals surface area (Å²) < 4.78 is 5.48. The average molecular weight is 307 g/mol. The predicted molar refractivity (Wildman–Crippen MR) is 87.4 cm³/mol. The van der Waals surface area contributed by atoms with Crippen LogP contribution in [0.25, 0.3) is 11.1 Å². The molecule has 5 heteroatoms. The molecule has 23 heavy (non-hydrogen) atoms. The molecule has 1 saturated heterocycles. The Kier molecular flexibility index (Phi) is 4.55. The van der Waals surface area contributed by atoms with Gasteiger partial charge in [-0.05, 0) is 11.6 Å². The van der Waals surface area contributed by atoms with Crippen molar-refractivity contribution in [3.63, 3.8) is 0 Å². The van der Waals surface area contributed by atoms with Crippen molar-refractivity contribution in [1.29, 1.82) is 5.26 Å². The van der Waals surface area contributed by atoms with E-state index in [-0.39, 0.29) is 12.5 Å². The Labute approximate surface area is 135 Å². The standard InChI is InChI=1S/C18H17N3O2/c19-13-21-10-11-23-17(12-21)18(22)20-16-9-5-4-8-15(16)14-6-2-1-3-7-14/h1-9,17H,10-12H2,(H,20,22). The zero-order valence-electron chi connectivity index (χ0n) is 12.6. The topological polar surface area (TPSA) is 65.4 Å². The fourth-order valence-corrected chi connectivity index (χ4v) is 2.57. The predicted octanol–water partition coefficient (Wildman–Crippen LogP) is 2.47. The van der Waals surface area contributed by atoms with Crippen LogP contribution in [0.1, 0.15) is 0 Å². The van der Waals surface area contributed by atoms with Crippen molar-refractivity contribution in [3.05, 3.63) is 54.6 Å². The number of ether oxygens (including phenoxy) is 1. The summed E-state index contributed by atoms with van der Waals surface area (Å²) in [5.74, 6) is -0.228. The van der Waals surface area contributed by atoms with Crippen LogP contribution in [0.2, 0.25) is 0 Å². The highest BCUT2D eigenvalue weighted by Gasteiger charge is 2.26. The first-order valence-electron chi connectivity index (χ1n) is 7.49. The number of rotatable bonds is 3. The van der Waals surface area contributed by atoms with E-state index in [2.05, 4.69) is 11.5 Å². The van der Waals surface area contributed by atoms with Crippen molar-refractivity contribution < 1.29 is 9.53 Å².